The molecule has 0 saturated carbocycles. The van der Waals surface area contributed by atoms with Gasteiger partial charge in [0, 0.05) is 6.07 Å². The summed E-state index contributed by atoms with van der Waals surface area (Å²) in [5, 5.41) is 22.7. The summed E-state index contributed by atoms with van der Waals surface area (Å²) in [5.41, 5.74) is 1.85. The zero-order chi connectivity index (χ0) is 19.3. The van der Waals surface area contributed by atoms with Gasteiger partial charge < -0.3 is 15.2 Å². The van der Waals surface area contributed by atoms with Gasteiger partial charge in [-0.2, -0.15) is 0 Å². The Balaban J connectivity index is 1.97. The number of phenols is 1. The number of carbonyl (C=O) groups is 2. The Bertz CT molecular complexity index is 846. The number of aromatic hydroxyl groups is 1. The number of nitrogens with zero attached hydrogens (tertiary/aromatic N) is 1. The maximum Gasteiger partial charge on any atom is 0.310 e. The van der Waals surface area contributed by atoms with E-state index in [1.165, 1.54) is 18.2 Å². The van der Waals surface area contributed by atoms with Gasteiger partial charge >= 0.3 is 5.97 Å². The number of benzene rings is 2. The van der Waals surface area contributed by atoms with Crippen LogP contribution in [0.3, 0.4) is 0 Å². The van der Waals surface area contributed by atoms with Crippen LogP contribution in [0.25, 0.3) is 0 Å². The highest BCUT2D eigenvalue weighted by atomic mass is 16.6. The lowest BCUT2D eigenvalue weighted by Gasteiger charge is -2.11. The monoisotopic (exact) mass is 358 g/mol. The lowest BCUT2D eigenvalue weighted by Crippen LogP contribution is -2.22. The number of nitrogens with one attached hydrogen (secondary N) is 1. The number of rotatable bonds is 6. The zero-order valence-electron chi connectivity index (χ0n) is 14.3. The van der Waals surface area contributed by atoms with E-state index in [1.54, 1.807) is 32.0 Å². The lowest BCUT2D eigenvalue weighted by molar-refractivity contribution is -0.384. The second kappa shape index (κ2) is 8.11. The van der Waals surface area contributed by atoms with Gasteiger partial charge in [0.25, 0.3) is 11.6 Å². The molecule has 8 nitrogen and oxygen atoms in total. The van der Waals surface area contributed by atoms with Gasteiger partial charge in [-0.15, -0.1) is 0 Å². The molecule has 2 N–H and O–H groups in total. The van der Waals surface area contributed by atoms with Gasteiger partial charge in [0.15, 0.2) is 6.61 Å². The minimum atomic E-state index is -0.666. The standard InChI is InChI=1S/C18H18N2O6/c1-11-3-8-15(20(24)25)18(12(11)2)19-16(22)10-26-17(23)9-13-4-6-14(21)7-5-13/h3-8,21H,9-10H2,1-2H3,(H,19,22). The fraction of sp³-hybridized carbons (Fsp3) is 0.222. The molecule has 1 amide bonds. The maximum atomic E-state index is 12.0. The number of nitro benzene ring substituents is 1. The Labute approximate surface area is 149 Å². The molecule has 0 spiro atoms. The normalized spacial score (nSPS) is 10.2. The number of carbonyl (C=O) groups excluding carboxylic acids is 2. The second-order valence-electron chi connectivity index (χ2n) is 5.71. The van der Waals surface area contributed by atoms with Crippen molar-refractivity contribution in [2.24, 2.45) is 0 Å². The summed E-state index contributed by atoms with van der Waals surface area (Å²) in [6.45, 7) is 2.88. The van der Waals surface area contributed by atoms with Crippen LogP contribution >= 0.6 is 0 Å². The predicted octanol–water partition coefficient (Wildman–Crippen LogP) is 2.64. The quantitative estimate of drug-likeness (QED) is 0.465. The minimum absolute atomic E-state index is 0.0584. The summed E-state index contributed by atoms with van der Waals surface area (Å²) in [5.74, 6) is -1.21. The number of anilines is 1. The number of ether oxygens (including phenoxy) is 1. The SMILES string of the molecule is Cc1ccc([N+](=O)[O-])c(NC(=O)COC(=O)Cc2ccc(O)cc2)c1C. The van der Waals surface area contributed by atoms with E-state index in [2.05, 4.69) is 5.32 Å². The summed E-state index contributed by atoms with van der Waals surface area (Å²) in [7, 11) is 0. The van der Waals surface area contributed by atoms with Crippen LogP contribution in [0.2, 0.25) is 0 Å². The maximum absolute atomic E-state index is 12.0. The fourth-order valence-corrected chi connectivity index (χ4v) is 2.26. The molecule has 26 heavy (non-hydrogen) atoms. The third-order valence-electron chi connectivity index (χ3n) is 3.82. The van der Waals surface area contributed by atoms with Crippen LogP contribution in [0.1, 0.15) is 16.7 Å². The molecule has 0 heterocycles. The van der Waals surface area contributed by atoms with Crippen LogP contribution in [0.4, 0.5) is 11.4 Å². The molecule has 0 aliphatic carbocycles. The molecule has 0 aliphatic heterocycles. The molecule has 136 valence electrons. The van der Waals surface area contributed by atoms with Crippen molar-refractivity contribution in [1.29, 1.82) is 0 Å². The van der Waals surface area contributed by atoms with E-state index < -0.39 is 23.4 Å². The number of esters is 1. The molecule has 0 saturated heterocycles. The van der Waals surface area contributed by atoms with E-state index in [-0.39, 0.29) is 23.5 Å². The van der Waals surface area contributed by atoms with Gasteiger partial charge in [0.2, 0.25) is 0 Å². The Morgan fingerprint density at radius 3 is 2.42 bits per heavy atom. The Hall–Kier alpha value is -3.42. The molecular formula is C18H18N2O6. The first-order chi connectivity index (χ1) is 12.3. The number of phenolic OH excluding ortho intramolecular Hbond substituents is 1. The highest BCUT2D eigenvalue weighted by molar-refractivity contribution is 5.96. The molecule has 0 fully saturated rings. The van der Waals surface area contributed by atoms with Crippen molar-refractivity contribution >= 4 is 23.3 Å². The van der Waals surface area contributed by atoms with Crippen molar-refractivity contribution in [3.05, 3.63) is 63.2 Å². The molecule has 0 radical (unpaired) electrons. The number of hydrogen-bond donors (Lipinski definition) is 2. The highest BCUT2D eigenvalue weighted by Crippen LogP contribution is 2.30. The van der Waals surface area contributed by atoms with Gasteiger partial charge in [0.05, 0.1) is 11.3 Å². The van der Waals surface area contributed by atoms with Crippen molar-refractivity contribution in [3.8, 4) is 5.75 Å². The Morgan fingerprint density at radius 1 is 1.15 bits per heavy atom. The van der Waals surface area contributed by atoms with E-state index in [0.29, 0.717) is 11.1 Å². The first kappa shape index (κ1) is 18.9. The molecule has 2 rings (SSSR count). The van der Waals surface area contributed by atoms with Crippen molar-refractivity contribution in [2.75, 3.05) is 11.9 Å². The number of hydrogen-bond acceptors (Lipinski definition) is 6. The highest BCUT2D eigenvalue weighted by Gasteiger charge is 2.20. The Kier molecular flexibility index (Phi) is 5.90. The van der Waals surface area contributed by atoms with Crippen LogP contribution in [-0.2, 0) is 20.7 Å². The van der Waals surface area contributed by atoms with Crippen LogP contribution < -0.4 is 5.32 Å². The molecule has 8 heteroatoms. The third kappa shape index (κ3) is 4.79. The van der Waals surface area contributed by atoms with Crippen LogP contribution in [0.15, 0.2) is 36.4 Å². The van der Waals surface area contributed by atoms with E-state index in [9.17, 15) is 24.8 Å². The molecule has 0 aliphatic rings. The lowest BCUT2D eigenvalue weighted by atomic mass is 10.1. The third-order valence-corrected chi connectivity index (χ3v) is 3.82. The average molecular weight is 358 g/mol. The van der Waals surface area contributed by atoms with Crippen LogP contribution in [0, 0.1) is 24.0 Å². The molecule has 0 unspecified atom stereocenters. The van der Waals surface area contributed by atoms with E-state index >= 15 is 0 Å². The number of amides is 1. The fourth-order valence-electron chi connectivity index (χ4n) is 2.26. The summed E-state index contributed by atoms with van der Waals surface area (Å²) in [4.78, 5) is 34.3. The average Bonchev–Trinajstić information content (AvgIpc) is 2.59. The minimum Gasteiger partial charge on any atom is -0.508 e. The molecular weight excluding hydrogens is 340 g/mol. The summed E-state index contributed by atoms with van der Waals surface area (Å²) < 4.78 is 4.90. The molecule has 2 aromatic rings. The van der Waals surface area contributed by atoms with E-state index in [4.69, 9.17) is 4.74 Å². The smallest absolute Gasteiger partial charge is 0.310 e. The van der Waals surface area contributed by atoms with Crippen LogP contribution in [0.5, 0.6) is 5.75 Å². The van der Waals surface area contributed by atoms with Gasteiger partial charge in [-0.1, -0.05) is 18.2 Å². The van der Waals surface area contributed by atoms with Crippen molar-refractivity contribution in [3.63, 3.8) is 0 Å². The number of aryl methyl sites for hydroxylation is 1. The van der Waals surface area contributed by atoms with Gasteiger partial charge in [0.1, 0.15) is 11.4 Å². The van der Waals surface area contributed by atoms with Crippen molar-refractivity contribution in [2.45, 2.75) is 20.3 Å². The summed E-state index contributed by atoms with van der Waals surface area (Å²) in [6.07, 6.45) is -0.0584. The molecule has 0 atom stereocenters. The van der Waals surface area contributed by atoms with E-state index in [0.717, 1.165) is 5.56 Å². The number of nitro groups is 1. The summed E-state index contributed by atoms with van der Waals surface area (Å²) in [6, 6.07) is 8.92. The van der Waals surface area contributed by atoms with Gasteiger partial charge in [-0.3, -0.25) is 19.7 Å². The molecule has 0 bridgehead atoms. The van der Waals surface area contributed by atoms with Gasteiger partial charge in [-0.25, -0.2) is 0 Å². The van der Waals surface area contributed by atoms with Crippen molar-refractivity contribution < 1.29 is 24.4 Å². The molecule has 0 aromatic heterocycles. The topological polar surface area (TPSA) is 119 Å². The van der Waals surface area contributed by atoms with E-state index in [1.807, 2.05) is 0 Å². The molecule has 2 aromatic carbocycles. The first-order valence-electron chi connectivity index (χ1n) is 7.76. The zero-order valence-corrected chi connectivity index (χ0v) is 14.3. The largest absolute Gasteiger partial charge is 0.508 e. The van der Waals surface area contributed by atoms with Crippen LogP contribution in [-0.4, -0.2) is 28.5 Å². The first-order valence-corrected chi connectivity index (χ1v) is 7.76. The summed E-state index contributed by atoms with van der Waals surface area (Å²) >= 11 is 0. The second-order valence-corrected chi connectivity index (χ2v) is 5.71. The van der Waals surface area contributed by atoms with Gasteiger partial charge in [-0.05, 0) is 42.7 Å². The Morgan fingerprint density at radius 2 is 1.81 bits per heavy atom. The van der Waals surface area contributed by atoms with Crippen molar-refractivity contribution in [1.82, 2.24) is 0 Å². The predicted molar refractivity (Wildman–Crippen MR) is 94.0 cm³/mol.